The minimum atomic E-state index is -0.474. The van der Waals surface area contributed by atoms with E-state index in [9.17, 15) is 0 Å². The van der Waals surface area contributed by atoms with Crippen LogP contribution >= 0.6 is 11.6 Å². The molecule has 1 aliphatic rings. The second-order valence-corrected chi connectivity index (χ2v) is 9.30. The fourth-order valence-electron chi connectivity index (χ4n) is 5.61. The van der Waals surface area contributed by atoms with Crippen molar-refractivity contribution in [3.8, 4) is 22.6 Å². The smallest absolute Gasteiger partial charge is 0.228 e. The maximum Gasteiger partial charge on any atom is 0.228 e. The average Bonchev–Trinajstić information content (AvgIpc) is 3.46. The van der Waals surface area contributed by atoms with E-state index in [0.717, 1.165) is 22.2 Å². The molecular formula is C32H20ClNO. The number of aromatic nitrogens is 1. The number of rotatable bonds is 3. The van der Waals surface area contributed by atoms with Crippen molar-refractivity contribution in [3.63, 3.8) is 0 Å². The topological polar surface area (TPSA) is 26.0 Å². The Morgan fingerprint density at radius 3 is 1.91 bits per heavy atom. The minimum absolute atomic E-state index is 0.474. The molecule has 35 heavy (non-hydrogen) atoms. The van der Waals surface area contributed by atoms with Crippen molar-refractivity contribution in [2.45, 2.75) is 5.41 Å². The summed E-state index contributed by atoms with van der Waals surface area (Å²) in [6.07, 6.45) is 0. The predicted octanol–water partition coefficient (Wildman–Crippen LogP) is 8.51. The van der Waals surface area contributed by atoms with Crippen molar-refractivity contribution < 1.29 is 4.42 Å². The zero-order valence-corrected chi connectivity index (χ0v) is 19.5. The Morgan fingerprint density at radius 1 is 0.571 bits per heavy atom. The van der Waals surface area contributed by atoms with Gasteiger partial charge in [0.1, 0.15) is 5.52 Å². The third kappa shape index (κ3) is 2.87. The van der Waals surface area contributed by atoms with Gasteiger partial charge >= 0.3 is 0 Å². The summed E-state index contributed by atoms with van der Waals surface area (Å²) in [4.78, 5) is 4.73. The zero-order chi connectivity index (χ0) is 23.4. The highest BCUT2D eigenvalue weighted by molar-refractivity contribution is 6.33. The van der Waals surface area contributed by atoms with E-state index in [1.54, 1.807) is 0 Å². The third-order valence-corrected chi connectivity index (χ3v) is 7.38. The standard InChI is InChI=1S/C32H20ClNO/c33-28-20-27-24(19-25(28)31-34-29-17-9-10-18-30(29)35-31)23-15-7-8-16-26(23)32(27,21-11-3-1-4-12-21)22-13-5-2-6-14-22/h1-20H. The van der Waals surface area contributed by atoms with Crippen molar-refractivity contribution >= 4 is 22.7 Å². The normalized spacial score (nSPS) is 13.5. The molecule has 0 unspecified atom stereocenters. The van der Waals surface area contributed by atoms with Crippen molar-refractivity contribution in [2.75, 3.05) is 0 Å². The van der Waals surface area contributed by atoms with Gasteiger partial charge in [0, 0.05) is 0 Å². The Morgan fingerprint density at radius 2 is 1.20 bits per heavy atom. The molecule has 0 atom stereocenters. The van der Waals surface area contributed by atoms with Crippen LogP contribution in [0.1, 0.15) is 22.3 Å². The Bertz CT molecular complexity index is 1630. The molecule has 0 aliphatic heterocycles. The molecule has 1 aromatic heterocycles. The Hall–Kier alpha value is -4.14. The number of halogens is 1. The molecule has 0 fully saturated rings. The number of hydrogen-bond donors (Lipinski definition) is 0. The van der Waals surface area contributed by atoms with Gasteiger partial charge in [0.05, 0.1) is 16.0 Å². The maximum atomic E-state index is 7.02. The first-order valence-electron chi connectivity index (χ1n) is 11.7. The Balaban J connectivity index is 1.57. The molecule has 166 valence electrons. The fraction of sp³-hybridized carbons (Fsp3) is 0.0312. The van der Waals surface area contributed by atoms with E-state index < -0.39 is 5.41 Å². The molecule has 0 N–H and O–H groups in total. The van der Waals surface area contributed by atoms with Gasteiger partial charge in [-0.1, -0.05) is 109 Å². The highest BCUT2D eigenvalue weighted by Crippen LogP contribution is 2.57. The average molecular weight is 470 g/mol. The Labute approximate surface area is 208 Å². The minimum Gasteiger partial charge on any atom is -0.436 e. The van der Waals surface area contributed by atoms with E-state index >= 15 is 0 Å². The monoisotopic (exact) mass is 469 g/mol. The third-order valence-electron chi connectivity index (χ3n) is 7.07. The van der Waals surface area contributed by atoms with E-state index in [2.05, 4.69) is 97.1 Å². The first kappa shape index (κ1) is 20.3. The van der Waals surface area contributed by atoms with Gasteiger partial charge < -0.3 is 4.42 Å². The molecule has 2 nitrogen and oxygen atoms in total. The molecule has 7 rings (SSSR count). The van der Waals surface area contributed by atoms with Crippen molar-refractivity contribution in [3.05, 3.63) is 149 Å². The summed E-state index contributed by atoms with van der Waals surface area (Å²) in [5, 5.41) is 0.624. The van der Waals surface area contributed by atoms with Gasteiger partial charge in [-0.2, -0.15) is 0 Å². The zero-order valence-electron chi connectivity index (χ0n) is 18.8. The fourth-order valence-corrected chi connectivity index (χ4v) is 5.86. The van der Waals surface area contributed by atoms with E-state index in [0.29, 0.717) is 10.9 Å². The number of benzene rings is 5. The lowest BCUT2D eigenvalue weighted by Crippen LogP contribution is -2.28. The molecule has 0 amide bonds. The molecular weight excluding hydrogens is 450 g/mol. The van der Waals surface area contributed by atoms with Crippen LogP contribution in [0.3, 0.4) is 0 Å². The van der Waals surface area contributed by atoms with Crippen LogP contribution in [-0.2, 0) is 5.41 Å². The quantitative estimate of drug-likeness (QED) is 0.259. The van der Waals surface area contributed by atoms with Crippen LogP contribution in [0, 0.1) is 0 Å². The van der Waals surface area contributed by atoms with Crippen LogP contribution in [0.5, 0.6) is 0 Å². The van der Waals surface area contributed by atoms with Gasteiger partial charge in [0.25, 0.3) is 0 Å². The van der Waals surface area contributed by atoms with Gasteiger partial charge in [-0.05, 0) is 57.6 Å². The summed E-state index contributed by atoms with van der Waals surface area (Å²) >= 11 is 7.02. The first-order chi connectivity index (χ1) is 17.3. The second-order valence-electron chi connectivity index (χ2n) is 8.89. The van der Waals surface area contributed by atoms with E-state index in [1.807, 2.05) is 24.3 Å². The van der Waals surface area contributed by atoms with E-state index in [1.165, 1.54) is 27.8 Å². The number of nitrogens with zero attached hydrogens (tertiary/aromatic N) is 1. The summed E-state index contributed by atoms with van der Waals surface area (Å²) in [6, 6.07) is 42.1. The van der Waals surface area contributed by atoms with Crippen molar-refractivity contribution in [2.24, 2.45) is 0 Å². The SMILES string of the molecule is Clc1cc2c(cc1-c1nc3ccccc3o1)-c1ccccc1C2(c1ccccc1)c1ccccc1. The molecule has 0 saturated carbocycles. The highest BCUT2D eigenvalue weighted by atomic mass is 35.5. The summed E-state index contributed by atoms with van der Waals surface area (Å²) < 4.78 is 6.11. The van der Waals surface area contributed by atoms with Crippen LogP contribution in [0.2, 0.25) is 5.02 Å². The molecule has 0 bridgehead atoms. The molecule has 0 spiro atoms. The van der Waals surface area contributed by atoms with Gasteiger partial charge in [0.15, 0.2) is 5.58 Å². The Kier molecular flexibility index (Phi) is 4.45. The number of hydrogen-bond acceptors (Lipinski definition) is 2. The van der Waals surface area contributed by atoms with Gasteiger partial charge in [-0.3, -0.25) is 0 Å². The number of fused-ring (bicyclic) bond motifs is 4. The second kappa shape index (κ2) is 7.69. The van der Waals surface area contributed by atoms with Crippen LogP contribution < -0.4 is 0 Å². The predicted molar refractivity (Wildman–Crippen MR) is 142 cm³/mol. The summed E-state index contributed by atoms with van der Waals surface area (Å²) in [6.45, 7) is 0. The molecule has 1 aliphatic carbocycles. The molecule has 0 saturated heterocycles. The molecule has 0 radical (unpaired) electrons. The molecule has 1 heterocycles. The number of oxazole rings is 1. The van der Waals surface area contributed by atoms with E-state index in [-0.39, 0.29) is 0 Å². The van der Waals surface area contributed by atoms with Gasteiger partial charge in [-0.15, -0.1) is 0 Å². The molecule has 6 aromatic rings. The van der Waals surface area contributed by atoms with Crippen molar-refractivity contribution in [1.82, 2.24) is 4.98 Å². The van der Waals surface area contributed by atoms with Crippen LogP contribution in [0.25, 0.3) is 33.7 Å². The van der Waals surface area contributed by atoms with Crippen LogP contribution in [0.15, 0.2) is 126 Å². The van der Waals surface area contributed by atoms with Gasteiger partial charge in [0.2, 0.25) is 5.89 Å². The maximum absolute atomic E-state index is 7.02. The van der Waals surface area contributed by atoms with Crippen molar-refractivity contribution in [1.29, 1.82) is 0 Å². The van der Waals surface area contributed by atoms with Gasteiger partial charge in [-0.25, -0.2) is 4.98 Å². The lowest BCUT2D eigenvalue weighted by atomic mass is 9.67. The summed E-state index contributed by atoms with van der Waals surface area (Å²) in [7, 11) is 0. The molecule has 3 heteroatoms. The number of para-hydroxylation sites is 2. The molecule has 5 aromatic carbocycles. The van der Waals surface area contributed by atoms with E-state index in [4.69, 9.17) is 21.0 Å². The van der Waals surface area contributed by atoms with Crippen LogP contribution in [-0.4, -0.2) is 4.98 Å². The lowest BCUT2D eigenvalue weighted by Gasteiger charge is -2.34. The highest BCUT2D eigenvalue weighted by Gasteiger charge is 2.46. The summed E-state index contributed by atoms with van der Waals surface area (Å²) in [5.41, 5.74) is 9.08. The first-order valence-corrected chi connectivity index (χ1v) is 12.1. The lowest BCUT2D eigenvalue weighted by molar-refractivity contribution is 0.620. The summed E-state index contributed by atoms with van der Waals surface area (Å²) in [5.74, 6) is 0.536. The largest absolute Gasteiger partial charge is 0.436 e. The van der Waals surface area contributed by atoms with Crippen LogP contribution in [0.4, 0.5) is 0 Å².